The average molecular weight is 293 g/mol. The van der Waals surface area contributed by atoms with E-state index in [9.17, 15) is 4.79 Å². The van der Waals surface area contributed by atoms with Crippen molar-refractivity contribution in [2.45, 2.75) is 12.6 Å². The Bertz CT molecular complexity index is 384. The Balaban J connectivity index is 0.00000289. The molecule has 1 aromatic rings. The summed E-state index contributed by atoms with van der Waals surface area (Å²) < 4.78 is 5.00. The second-order valence-corrected chi connectivity index (χ2v) is 4.22. The molecule has 1 rings (SSSR count). The molecule has 6 heteroatoms. The lowest BCUT2D eigenvalue weighted by atomic mass is 10.2. The first-order valence-electron chi connectivity index (χ1n) is 5.30. The fourth-order valence-corrected chi connectivity index (χ4v) is 1.74. The third-order valence-electron chi connectivity index (χ3n) is 2.46. The average Bonchev–Trinajstić information content (AvgIpc) is 2.30. The van der Waals surface area contributed by atoms with Crippen LogP contribution in [-0.4, -0.2) is 37.6 Å². The molecule has 102 valence electrons. The minimum atomic E-state index is -0.584. The SMILES string of the molecule is COC(CN)C(=O)N(C)Cc1cccc(Cl)c1.Cl. The molecule has 0 saturated carbocycles. The summed E-state index contributed by atoms with van der Waals surface area (Å²) in [7, 11) is 3.19. The first-order valence-corrected chi connectivity index (χ1v) is 5.68. The first-order chi connectivity index (χ1) is 8.08. The van der Waals surface area contributed by atoms with Gasteiger partial charge in [0.1, 0.15) is 6.10 Å². The van der Waals surface area contributed by atoms with Gasteiger partial charge in [-0.25, -0.2) is 0 Å². The number of ether oxygens (including phenoxy) is 1. The van der Waals surface area contributed by atoms with Gasteiger partial charge in [0.05, 0.1) is 0 Å². The Morgan fingerprint density at radius 3 is 2.72 bits per heavy atom. The topological polar surface area (TPSA) is 55.6 Å². The lowest BCUT2D eigenvalue weighted by Gasteiger charge is -2.22. The molecular formula is C12H18Cl2N2O2. The Kier molecular flexibility index (Phi) is 7.95. The van der Waals surface area contributed by atoms with Crippen molar-refractivity contribution in [1.82, 2.24) is 4.90 Å². The summed E-state index contributed by atoms with van der Waals surface area (Å²) in [5, 5.41) is 0.658. The fourth-order valence-electron chi connectivity index (χ4n) is 1.53. The van der Waals surface area contributed by atoms with Crippen molar-refractivity contribution >= 4 is 29.9 Å². The van der Waals surface area contributed by atoms with Crippen molar-refractivity contribution in [3.05, 3.63) is 34.9 Å². The van der Waals surface area contributed by atoms with Crippen molar-refractivity contribution in [3.8, 4) is 0 Å². The first kappa shape index (κ1) is 17.2. The normalized spacial score (nSPS) is 11.6. The lowest BCUT2D eigenvalue weighted by molar-refractivity contribution is -0.140. The number of rotatable bonds is 5. The molecule has 0 heterocycles. The van der Waals surface area contributed by atoms with E-state index in [4.69, 9.17) is 22.1 Å². The highest BCUT2D eigenvalue weighted by molar-refractivity contribution is 6.30. The molecule has 4 nitrogen and oxygen atoms in total. The summed E-state index contributed by atoms with van der Waals surface area (Å²) in [4.78, 5) is 13.5. The van der Waals surface area contributed by atoms with E-state index < -0.39 is 6.10 Å². The molecule has 0 fully saturated rings. The molecule has 0 aliphatic heterocycles. The van der Waals surface area contributed by atoms with Gasteiger partial charge in [0.15, 0.2) is 0 Å². The van der Waals surface area contributed by atoms with Crippen molar-refractivity contribution < 1.29 is 9.53 Å². The van der Waals surface area contributed by atoms with Crippen LogP contribution in [-0.2, 0) is 16.1 Å². The van der Waals surface area contributed by atoms with Crippen LogP contribution < -0.4 is 5.73 Å². The zero-order valence-electron chi connectivity index (χ0n) is 10.4. The molecule has 0 aliphatic rings. The van der Waals surface area contributed by atoms with E-state index >= 15 is 0 Å². The summed E-state index contributed by atoms with van der Waals surface area (Å²) >= 11 is 5.88. The van der Waals surface area contributed by atoms with Gasteiger partial charge in [-0.05, 0) is 17.7 Å². The molecule has 1 unspecified atom stereocenters. The van der Waals surface area contributed by atoms with Gasteiger partial charge in [-0.15, -0.1) is 12.4 Å². The molecular weight excluding hydrogens is 275 g/mol. The highest BCUT2D eigenvalue weighted by atomic mass is 35.5. The van der Waals surface area contributed by atoms with Crippen LogP contribution in [0.3, 0.4) is 0 Å². The van der Waals surface area contributed by atoms with Gasteiger partial charge in [0, 0.05) is 32.3 Å². The van der Waals surface area contributed by atoms with Crippen molar-refractivity contribution in [3.63, 3.8) is 0 Å². The molecule has 0 saturated heterocycles. The van der Waals surface area contributed by atoms with Gasteiger partial charge >= 0.3 is 0 Å². The van der Waals surface area contributed by atoms with E-state index in [0.29, 0.717) is 11.6 Å². The maximum atomic E-state index is 11.9. The second kappa shape index (κ2) is 8.32. The van der Waals surface area contributed by atoms with Gasteiger partial charge in [-0.2, -0.15) is 0 Å². The number of methoxy groups -OCH3 is 1. The van der Waals surface area contributed by atoms with E-state index in [1.807, 2.05) is 18.2 Å². The van der Waals surface area contributed by atoms with Crippen LogP contribution in [0.5, 0.6) is 0 Å². The molecule has 2 N–H and O–H groups in total. The highest BCUT2D eigenvalue weighted by Gasteiger charge is 2.19. The van der Waals surface area contributed by atoms with Gasteiger partial charge in [0.25, 0.3) is 5.91 Å². The van der Waals surface area contributed by atoms with Crippen molar-refractivity contribution in [2.75, 3.05) is 20.7 Å². The predicted molar refractivity (Wildman–Crippen MR) is 75.0 cm³/mol. The quantitative estimate of drug-likeness (QED) is 0.899. The monoisotopic (exact) mass is 292 g/mol. The number of carbonyl (C=O) groups excluding carboxylic acids is 1. The summed E-state index contributed by atoms with van der Waals surface area (Å²) in [6.45, 7) is 0.661. The number of benzene rings is 1. The third-order valence-corrected chi connectivity index (χ3v) is 2.69. The number of likely N-dealkylation sites (N-methyl/N-ethyl adjacent to an activating group) is 1. The van der Waals surface area contributed by atoms with Crippen molar-refractivity contribution in [2.24, 2.45) is 5.73 Å². The van der Waals surface area contributed by atoms with Crippen LogP contribution >= 0.6 is 24.0 Å². The molecule has 18 heavy (non-hydrogen) atoms. The van der Waals surface area contributed by atoms with E-state index in [0.717, 1.165) is 5.56 Å². The van der Waals surface area contributed by atoms with Crippen LogP contribution in [0.2, 0.25) is 5.02 Å². The zero-order chi connectivity index (χ0) is 12.8. The highest BCUT2D eigenvalue weighted by Crippen LogP contribution is 2.12. The van der Waals surface area contributed by atoms with Crippen LogP contribution in [0.1, 0.15) is 5.56 Å². The third kappa shape index (κ3) is 4.82. The summed E-state index contributed by atoms with van der Waals surface area (Å²) in [5.74, 6) is -0.130. The van der Waals surface area contributed by atoms with E-state index in [2.05, 4.69) is 0 Å². The molecule has 1 amide bonds. The number of carbonyl (C=O) groups is 1. The smallest absolute Gasteiger partial charge is 0.253 e. The minimum Gasteiger partial charge on any atom is -0.370 e. The second-order valence-electron chi connectivity index (χ2n) is 3.78. The number of nitrogens with zero attached hydrogens (tertiary/aromatic N) is 1. The molecule has 0 bridgehead atoms. The summed E-state index contributed by atoms with van der Waals surface area (Å²) in [6, 6.07) is 7.40. The van der Waals surface area contributed by atoms with Crippen LogP contribution in [0.25, 0.3) is 0 Å². The number of hydrogen-bond donors (Lipinski definition) is 1. The molecule has 0 aliphatic carbocycles. The Morgan fingerprint density at radius 2 is 2.22 bits per heavy atom. The van der Waals surface area contributed by atoms with Crippen LogP contribution in [0, 0.1) is 0 Å². The molecule has 1 atom stereocenters. The number of nitrogens with two attached hydrogens (primary N) is 1. The van der Waals surface area contributed by atoms with Gasteiger partial charge in [-0.3, -0.25) is 4.79 Å². The molecule has 1 aromatic carbocycles. The van der Waals surface area contributed by atoms with Crippen molar-refractivity contribution in [1.29, 1.82) is 0 Å². The molecule has 0 spiro atoms. The lowest BCUT2D eigenvalue weighted by Crippen LogP contribution is -2.41. The van der Waals surface area contributed by atoms with E-state index in [1.165, 1.54) is 7.11 Å². The maximum Gasteiger partial charge on any atom is 0.253 e. The summed E-state index contributed by atoms with van der Waals surface area (Å²) in [6.07, 6.45) is -0.584. The van der Waals surface area contributed by atoms with Crippen LogP contribution in [0.15, 0.2) is 24.3 Å². The van der Waals surface area contributed by atoms with Gasteiger partial charge in [-0.1, -0.05) is 23.7 Å². The fraction of sp³-hybridized carbons (Fsp3) is 0.417. The Hall–Kier alpha value is -0.810. The van der Waals surface area contributed by atoms with Gasteiger partial charge in [0.2, 0.25) is 0 Å². The summed E-state index contributed by atoms with van der Waals surface area (Å²) in [5.41, 5.74) is 6.42. The largest absolute Gasteiger partial charge is 0.370 e. The minimum absolute atomic E-state index is 0. The number of halogens is 2. The van der Waals surface area contributed by atoms with Gasteiger partial charge < -0.3 is 15.4 Å². The van der Waals surface area contributed by atoms with E-state index in [-0.39, 0.29) is 24.9 Å². The molecule has 0 aromatic heterocycles. The number of amides is 1. The Labute approximate surface area is 118 Å². The Morgan fingerprint density at radius 1 is 1.56 bits per heavy atom. The van der Waals surface area contributed by atoms with Crippen LogP contribution in [0.4, 0.5) is 0 Å². The van der Waals surface area contributed by atoms with E-state index in [1.54, 1.807) is 18.0 Å². The number of hydrogen-bond acceptors (Lipinski definition) is 3. The zero-order valence-corrected chi connectivity index (χ0v) is 12.0. The predicted octanol–water partition coefficient (Wildman–Crippen LogP) is 1.69. The maximum absolute atomic E-state index is 11.9. The molecule has 0 radical (unpaired) electrons. The standard InChI is InChI=1S/C12H17ClN2O2.ClH/c1-15(12(16)11(7-14)17-2)8-9-4-3-5-10(13)6-9;/h3-6,11H,7-8,14H2,1-2H3;1H.